The Kier molecular flexibility index (Phi) is 2.60. The molecule has 0 saturated heterocycles. The van der Waals surface area contributed by atoms with Crippen molar-refractivity contribution in [3.05, 3.63) is 41.7 Å². The predicted molar refractivity (Wildman–Crippen MR) is 64.3 cm³/mol. The summed E-state index contributed by atoms with van der Waals surface area (Å²) >= 11 is 0. The molecular formula is C13H12N2O3. The average molecular weight is 244 g/mol. The molecule has 0 amide bonds. The Labute approximate surface area is 104 Å². The minimum atomic E-state index is -1.00. The number of carbonyl (C=O) groups is 1. The van der Waals surface area contributed by atoms with Crippen LogP contribution in [0.5, 0.6) is 0 Å². The normalized spacial score (nSPS) is 14.2. The van der Waals surface area contributed by atoms with Crippen LogP contribution in [0.25, 0.3) is 11.1 Å². The molecule has 2 aromatic rings. The van der Waals surface area contributed by atoms with Gasteiger partial charge >= 0.3 is 5.97 Å². The highest BCUT2D eigenvalue weighted by Crippen LogP contribution is 2.29. The predicted octanol–water partition coefficient (Wildman–Crippen LogP) is 1.78. The molecule has 0 unspecified atom stereocenters. The van der Waals surface area contributed by atoms with Crippen molar-refractivity contribution in [1.29, 1.82) is 0 Å². The van der Waals surface area contributed by atoms with Crippen LogP contribution < -0.4 is 0 Å². The number of hydrogen-bond donors (Lipinski definition) is 1. The number of fused-ring (bicyclic) bond motifs is 1. The second-order valence-corrected chi connectivity index (χ2v) is 4.12. The quantitative estimate of drug-likeness (QED) is 0.874. The zero-order valence-electron chi connectivity index (χ0n) is 9.67. The highest BCUT2D eigenvalue weighted by molar-refractivity contribution is 5.94. The number of benzene rings is 1. The first-order chi connectivity index (χ1) is 8.77. The molecular weight excluding hydrogens is 232 g/mol. The fraction of sp³-hybridized carbons (Fsp3) is 0.231. The summed E-state index contributed by atoms with van der Waals surface area (Å²) in [5.41, 5.74) is 2.47. The lowest BCUT2D eigenvalue weighted by Gasteiger charge is -2.15. The Balaban J connectivity index is 2.23. The summed E-state index contributed by atoms with van der Waals surface area (Å²) in [5.74, 6) is -1.00. The van der Waals surface area contributed by atoms with E-state index in [2.05, 4.69) is 5.10 Å². The van der Waals surface area contributed by atoms with Gasteiger partial charge in [0.1, 0.15) is 0 Å². The summed E-state index contributed by atoms with van der Waals surface area (Å²) in [6.45, 7) is 1.58. The zero-order valence-corrected chi connectivity index (χ0v) is 9.67. The molecule has 2 heterocycles. The summed E-state index contributed by atoms with van der Waals surface area (Å²) in [5, 5.41) is 13.4. The number of aromatic nitrogens is 2. The van der Waals surface area contributed by atoms with Gasteiger partial charge in [-0.3, -0.25) is 4.68 Å². The van der Waals surface area contributed by atoms with Crippen molar-refractivity contribution >= 4 is 5.97 Å². The van der Waals surface area contributed by atoms with Crippen LogP contribution in [0.4, 0.5) is 0 Å². The number of carboxylic acids is 1. The van der Waals surface area contributed by atoms with Crippen LogP contribution in [0.3, 0.4) is 0 Å². The maximum absolute atomic E-state index is 11.3. The van der Waals surface area contributed by atoms with E-state index in [4.69, 9.17) is 4.74 Å². The van der Waals surface area contributed by atoms with Crippen LogP contribution in [-0.2, 0) is 17.9 Å². The third-order valence-corrected chi connectivity index (χ3v) is 3.01. The second-order valence-electron chi connectivity index (χ2n) is 4.12. The van der Waals surface area contributed by atoms with Crippen LogP contribution in [0, 0.1) is 0 Å². The van der Waals surface area contributed by atoms with Gasteiger partial charge in [0.05, 0.1) is 25.5 Å². The van der Waals surface area contributed by atoms with E-state index in [0.29, 0.717) is 25.3 Å². The first-order valence-corrected chi connectivity index (χ1v) is 5.73. The lowest BCUT2D eigenvalue weighted by molar-refractivity contribution is 0.0685. The highest BCUT2D eigenvalue weighted by atomic mass is 16.5. The minimum Gasteiger partial charge on any atom is -0.476 e. The van der Waals surface area contributed by atoms with Crippen molar-refractivity contribution in [3.8, 4) is 11.1 Å². The molecule has 0 aliphatic carbocycles. The Morgan fingerprint density at radius 1 is 1.33 bits per heavy atom. The van der Waals surface area contributed by atoms with Gasteiger partial charge in [-0.2, -0.15) is 5.10 Å². The van der Waals surface area contributed by atoms with Crippen LogP contribution in [-0.4, -0.2) is 27.5 Å². The minimum absolute atomic E-state index is 0.0988. The van der Waals surface area contributed by atoms with Gasteiger partial charge < -0.3 is 9.84 Å². The molecule has 1 N–H and O–H groups in total. The molecule has 0 radical (unpaired) electrons. The fourth-order valence-electron chi connectivity index (χ4n) is 2.21. The fourth-order valence-corrected chi connectivity index (χ4v) is 2.21. The van der Waals surface area contributed by atoms with Crippen molar-refractivity contribution in [2.45, 2.75) is 13.2 Å². The van der Waals surface area contributed by atoms with Crippen LogP contribution in [0.2, 0.25) is 0 Å². The number of rotatable bonds is 2. The maximum Gasteiger partial charge on any atom is 0.357 e. The highest BCUT2D eigenvalue weighted by Gasteiger charge is 2.25. The summed E-state index contributed by atoms with van der Waals surface area (Å²) < 4.78 is 7.13. The molecule has 0 atom stereocenters. The summed E-state index contributed by atoms with van der Waals surface area (Å²) in [6, 6.07) is 9.44. The van der Waals surface area contributed by atoms with Crippen LogP contribution in [0.1, 0.15) is 16.2 Å². The monoisotopic (exact) mass is 244 g/mol. The topological polar surface area (TPSA) is 64.3 Å². The van der Waals surface area contributed by atoms with Gasteiger partial charge in [-0.25, -0.2) is 4.79 Å². The van der Waals surface area contributed by atoms with Crippen molar-refractivity contribution in [3.63, 3.8) is 0 Å². The number of nitrogens with zero attached hydrogens (tertiary/aromatic N) is 2. The largest absolute Gasteiger partial charge is 0.476 e. The number of ether oxygens (including phenoxy) is 1. The molecule has 18 heavy (non-hydrogen) atoms. The molecule has 1 aromatic heterocycles. The van der Waals surface area contributed by atoms with Crippen molar-refractivity contribution in [2.75, 3.05) is 6.61 Å². The van der Waals surface area contributed by atoms with Gasteiger partial charge in [0.2, 0.25) is 0 Å². The first kappa shape index (κ1) is 11.0. The molecule has 0 saturated carbocycles. The second kappa shape index (κ2) is 4.27. The molecule has 1 aliphatic heterocycles. The van der Waals surface area contributed by atoms with Crippen LogP contribution >= 0.6 is 0 Å². The lowest BCUT2D eigenvalue weighted by Crippen LogP contribution is -2.17. The van der Waals surface area contributed by atoms with E-state index in [1.807, 2.05) is 30.3 Å². The molecule has 0 spiro atoms. The van der Waals surface area contributed by atoms with Crippen LogP contribution in [0.15, 0.2) is 30.3 Å². The molecule has 3 rings (SSSR count). The zero-order chi connectivity index (χ0) is 12.5. The van der Waals surface area contributed by atoms with Gasteiger partial charge in [-0.05, 0) is 5.56 Å². The molecule has 0 bridgehead atoms. The first-order valence-electron chi connectivity index (χ1n) is 5.73. The van der Waals surface area contributed by atoms with Gasteiger partial charge in [-0.15, -0.1) is 0 Å². The van der Waals surface area contributed by atoms with E-state index in [-0.39, 0.29) is 5.69 Å². The summed E-state index contributed by atoms with van der Waals surface area (Å²) in [4.78, 5) is 11.3. The van der Waals surface area contributed by atoms with E-state index in [9.17, 15) is 9.90 Å². The molecule has 5 heteroatoms. The Morgan fingerprint density at radius 3 is 2.83 bits per heavy atom. The molecule has 92 valence electrons. The van der Waals surface area contributed by atoms with Gasteiger partial charge in [0.15, 0.2) is 5.69 Å². The van der Waals surface area contributed by atoms with Gasteiger partial charge in [-0.1, -0.05) is 30.3 Å². The van der Waals surface area contributed by atoms with Gasteiger partial charge in [0, 0.05) is 5.56 Å². The molecule has 1 aromatic carbocycles. The van der Waals surface area contributed by atoms with Gasteiger partial charge in [0.25, 0.3) is 0 Å². The van der Waals surface area contributed by atoms with Crippen molar-refractivity contribution in [2.24, 2.45) is 0 Å². The number of hydrogen-bond acceptors (Lipinski definition) is 3. The van der Waals surface area contributed by atoms with E-state index in [0.717, 1.165) is 11.3 Å². The molecule has 1 aliphatic rings. The molecule has 0 fully saturated rings. The third kappa shape index (κ3) is 1.69. The van der Waals surface area contributed by atoms with E-state index < -0.39 is 5.97 Å². The van der Waals surface area contributed by atoms with E-state index in [1.165, 1.54) is 0 Å². The smallest absolute Gasteiger partial charge is 0.357 e. The maximum atomic E-state index is 11.3. The van der Waals surface area contributed by atoms with E-state index >= 15 is 0 Å². The molecule has 5 nitrogen and oxygen atoms in total. The van der Waals surface area contributed by atoms with Crippen molar-refractivity contribution < 1.29 is 14.6 Å². The third-order valence-electron chi connectivity index (χ3n) is 3.01. The number of aromatic carboxylic acids is 1. The van der Waals surface area contributed by atoms with E-state index in [1.54, 1.807) is 4.68 Å². The average Bonchev–Trinajstić information content (AvgIpc) is 2.79. The lowest BCUT2D eigenvalue weighted by atomic mass is 10.0. The SMILES string of the molecule is O=C(O)c1nn2c(c1-c1ccccc1)COCC2. The standard InChI is InChI=1S/C13H12N2O3/c16-13(17)12-11(9-4-2-1-3-5-9)10-8-18-7-6-15(10)14-12/h1-5H,6-8H2,(H,16,17). The number of carboxylic acid groups (broad SMARTS) is 1. The Bertz CT molecular complexity index is 590. The summed E-state index contributed by atoms with van der Waals surface area (Å²) in [6.07, 6.45) is 0. The Hall–Kier alpha value is -2.14. The summed E-state index contributed by atoms with van der Waals surface area (Å²) in [7, 11) is 0. The Morgan fingerprint density at radius 2 is 2.11 bits per heavy atom. The van der Waals surface area contributed by atoms with Crippen molar-refractivity contribution in [1.82, 2.24) is 9.78 Å².